The standard InChI is InChI=1S/C9H18N4O3S2/c1-12(2)18(15,16)7-8(10)11-17-9(7)13(3)5-4-6-14/h14H,4-6H2,1-3H3,(H2,10,11). The summed E-state index contributed by atoms with van der Waals surface area (Å²) in [4.78, 5) is 1.78. The molecule has 9 heteroatoms. The van der Waals surface area contributed by atoms with Crippen molar-refractivity contribution in [2.75, 3.05) is 44.9 Å². The summed E-state index contributed by atoms with van der Waals surface area (Å²) in [6.45, 7) is 0.586. The zero-order valence-corrected chi connectivity index (χ0v) is 12.3. The van der Waals surface area contributed by atoms with Gasteiger partial charge in [-0.05, 0) is 18.0 Å². The SMILES string of the molecule is CN(CCCO)c1snc(N)c1S(=O)(=O)N(C)C. The van der Waals surface area contributed by atoms with Crippen molar-refractivity contribution in [3.63, 3.8) is 0 Å². The minimum absolute atomic E-state index is 0.0135. The van der Waals surface area contributed by atoms with E-state index < -0.39 is 10.0 Å². The van der Waals surface area contributed by atoms with E-state index in [9.17, 15) is 8.42 Å². The summed E-state index contributed by atoms with van der Waals surface area (Å²) in [6, 6.07) is 0. The second-order valence-corrected chi connectivity index (χ2v) is 6.83. The predicted octanol–water partition coefficient (Wildman–Crippen LogP) is -0.206. The smallest absolute Gasteiger partial charge is 0.249 e. The highest BCUT2D eigenvalue weighted by Crippen LogP contribution is 2.35. The fraction of sp³-hybridized carbons (Fsp3) is 0.667. The Hall–Kier alpha value is -0.900. The van der Waals surface area contributed by atoms with Crippen molar-refractivity contribution in [1.82, 2.24) is 8.68 Å². The molecule has 18 heavy (non-hydrogen) atoms. The summed E-state index contributed by atoms with van der Waals surface area (Å²) in [7, 11) is 1.03. The van der Waals surface area contributed by atoms with Gasteiger partial charge >= 0.3 is 0 Å². The molecular weight excluding hydrogens is 276 g/mol. The topological polar surface area (TPSA) is 99.8 Å². The van der Waals surface area contributed by atoms with E-state index in [2.05, 4.69) is 4.37 Å². The first-order valence-electron chi connectivity index (χ1n) is 5.32. The van der Waals surface area contributed by atoms with Crippen LogP contribution < -0.4 is 10.6 Å². The fourth-order valence-corrected chi connectivity index (χ4v) is 3.59. The lowest BCUT2D eigenvalue weighted by molar-refractivity contribution is 0.290. The van der Waals surface area contributed by atoms with Gasteiger partial charge in [-0.15, -0.1) is 0 Å². The quantitative estimate of drug-likeness (QED) is 0.753. The lowest BCUT2D eigenvalue weighted by Crippen LogP contribution is -2.26. The molecular formula is C9H18N4O3S2. The highest BCUT2D eigenvalue weighted by atomic mass is 32.2. The van der Waals surface area contributed by atoms with Crippen LogP contribution in [0.1, 0.15) is 6.42 Å². The minimum Gasteiger partial charge on any atom is -0.396 e. The first kappa shape index (κ1) is 15.2. The van der Waals surface area contributed by atoms with E-state index in [1.165, 1.54) is 14.1 Å². The maximum atomic E-state index is 12.1. The molecule has 1 rings (SSSR count). The van der Waals surface area contributed by atoms with Crippen LogP contribution in [0, 0.1) is 0 Å². The maximum Gasteiger partial charge on any atom is 0.249 e. The number of nitrogens with two attached hydrogens (primary N) is 1. The Bertz CT molecular complexity index is 498. The molecule has 0 aliphatic heterocycles. The Balaban J connectivity index is 3.17. The van der Waals surface area contributed by atoms with Crippen LogP contribution in [0.25, 0.3) is 0 Å². The maximum absolute atomic E-state index is 12.1. The Labute approximate surface area is 111 Å². The third kappa shape index (κ3) is 2.91. The van der Waals surface area contributed by atoms with E-state index >= 15 is 0 Å². The van der Waals surface area contributed by atoms with Gasteiger partial charge in [-0.3, -0.25) is 0 Å². The molecule has 0 fully saturated rings. The molecule has 1 aromatic heterocycles. The van der Waals surface area contributed by atoms with Gasteiger partial charge in [-0.25, -0.2) is 12.7 Å². The molecule has 0 atom stereocenters. The summed E-state index contributed by atoms with van der Waals surface area (Å²) in [6.07, 6.45) is 0.551. The number of nitrogen functional groups attached to an aromatic ring is 1. The summed E-state index contributed by atoms with van der Waals surface area (Å²) in [5, 5.41) is 9.29. The highest BCUT2D eigenvalue weighted by molar-refractivity contribution is 7.89. The average Bonchev–Trinajstić information content (AvgIpc) is 2.68. The van der Waals surface area contributed by atoms with E-state index in [1.807, 2.05) is 0 Å². The second-order valence-electron chi connectivity index (χ2n) is 3.99. The molecule has 3 N–H and O–H groups in total. The number of hydrogen-bond donors (Lipinski definition) is 2. The molecule has 0 aliphatic carbocycles. The lowest BCUT2D eigenvalue weighted by Gasteiger charge is -2.19. The van der Waals surface area contributed by atoms with Crippen LogP contribution in [0.4, 0.5) is 10.8 Å². The third-order valence-corrected chi connectivity index (χ3v) is 5.38. The van der Waals surface area contributed by atoms with Crippen molar-refractivity contribution < 1.29 is 13.5 Å². The van der Waals surface area contributed by atoms with Crippen LogP contribution in [0.5, 0.6) is 0 Å². The van der Waals surface area contributed by atoms with Gasteiger partial charge in [0.05, 0.1) is 0 Å². The number of hydrogen-bond acceptors (Lipinski definition) is 7. The van der Waals surface area contributed by atoms with Crippen LogP contribution in [-0.4, -0.2) is 56.5 Å². The van der Waals surface area contributed by atoms with E-state index in [4.69, 9.17) is 10.8 Å². The number of sulfonamides is 1. The Morgan fingerprint density at radius 1 is 1.39 bits per heavy atom. The van der Waals surface area contributed by atoms with Gasteiger partial charge in [0, 0.05) is 34.3 Å². The number of aromatic nitrogens is 1. The Morgan fingerprint density at radius 2 is 2.00 bits per heavy atom. The van der Waals surface area contributed by atoms with Gasteiger partial charge in [0.15, 0.2) is 10.7 Å². The average molecular weight is 294 g/mol. The molecule has 0 saturated heterocycles. The van der Waals surface area contributed by atoms with Gasteiger partial charge in [-0.1, -0.05) is 0 Å². The first-order chi connectivity index (χ1) is 8.32. The van der Waals surface area contributed by atoms with Gasteiger partial charge in [-0.2, -0.15) is 4.37 Å². The minimum atomic E-state index is -3.61. The number of rotatable bonds is 6. The highest BCUT2D eigenvalue weighted by Gasteiger charge is 2.29. The van der Waals surface area contributed by atoms with E-state index in [0.29, 0.717) is 18.0 Å². The first-order valence-corrected chi connectivity index (χ1v) is 7.53. The molecule has 0 radical (unpaired) electrons. The Kier molecular flexibility index (Phi) is 4.91. The second kappa shape index (κ2) is 5.83. The van der Waals surface area contributed by atoms with Crippen LogP contribution in [0.15, 0.2) is 4.90 Å². The summed E-state index contributed by atoms with van der Waals surface area (Å²) >= 11 is 1.04. The van der Waals surface area contributed by atoms with E-state index in [1.54, 1.807) is 11.9 Å². The molecule has 0 unspecified atom stereocenters. The zero-order chi connectivity index (χ0) is 13.9. The zero-order valence-electron chi connectivity index (χ0n) is 10.6. The van der Waals surface area contributed by atoms with Gasteiger partial charge in [0.1, 0.15) is 5.00 Å². The normalized spacial score (nSPS) is 12.1. The molecule has 1 heterocycles. The van der Waals surface area contributed by atoms with E-state index in [-0.39, 0.29) is 17.3 Å². The fourth-order valence-electron chi connectivity index (χ4n) is 1.36. The molecule has 1 aromatic rings. The molecule has 104 valence electrons. The van der Waals surface area contributed by atoms with Crippen LogP contribution in [-0.2, 0) is 10.0 Å². The number of aliphatic hydroxyl groups excluding tert-OH is 1. The van der Waals surface area contributed by atoms with Crippen molar-refractivity contribution in [2.24, 2.45) is 0 Å². The van der Waals surface area contributed by atoms with Crippen molar-refractivity contribution in [3.05, 3.63) is 0 Å². The third-order valence-electron chi connectivity index (χ3n) is 2.39. The van der Waals surface area contributed by atoms with Crippen molar-refractivity contribution in [1.29, 1.82) is 0 Å². The molecule has 7 nitrogen and oxygen atoms in total. The summed E-state index contributed by atoms with van der Waals surface area (Å²) in [5.74, 6) is 0.0135. The van der Waals surface area contributed by atoms with E-state index in [0.717, 1.165) is 15.8 Å². The molecule has 0 saturated carbocycles. The molecule has 0 aromatic carbocycles. The number of aliphatic hydroxyl groups is 1. The lowest BCUT2D eigenvalue weighted by atomic mass is 10.4. The number of anilines is 2. The van der Waals surface area contributed by atoms with Crippen LogP contribution in [0.3, 0.4) is 0 Å². The van der Waals surface area contributed by atoms with Crippen molar-refractivity contribution in [3.8, 4) is 0 Å². The largest absolute Gasteiger partial charge is 0.396 e. The summed E-state index contributed by atoms with van der Waals surface area (Å²) < 4.78 is 29.3. The Morgan fingerprint density at radius 3 is 2.50 bits per heavy atom. The van der Waals surface area contributed by atoms with Gasteiger partial charge < -0.3 is 15.7 Å². The predicted molar refractivity (Wildman–Crippen MR) is 72.4 cm³/mol. The van der Waals surface area contributed by atoms with Gasteiger partial charge in [0.25, 0.3) is 0 Å². The van der Waals surface area contributed by atoms with Crippen molar-refractivity contribution >= 4 is 32.4 Å². The number of nitrogens with zero attached hydrogens (tertiary/aromatic N) is 3. The molecule has 0 aliphatic rings. The van der Waals surface area contributed by atoms with Crippen LogP contribution in [0.2, 0.25) is 0 Å². The molecule has 0 bridgehead atoms. The monoisotopic (exact) mass is 294 g/mol. The van der Waals surface area contributed by atoms with Crippen LogP contribution >= 0.6 is 11.5 Å². The molecule has 0 spiro atoms. The van der Waals surface area contributed by atoms with Crippen molar-refractivity contribution in [2.45, 2.75) is 11.3 Å². The molecule has 0 amide bonds. The van der Waals surface area contributed by atoms with Gasteiger partial charge in [0.2, 0.25) is 10.0 Å². The summed E-state index contributed by atoms with van der Waals surface area (Å²) in [5.41, 5.74) is 5.65.